The molecule has 2 nitrogen and oxygen atoms in total. The molecule has 0 saturated carbocycles. The molecule has 1 atom stereocenters. The fourth-order valence-corrected chi connectivity index (χ4v) is 2.62. The Bertz CT molecular complexity index is 237. The Labute approximate surface area is 101 Å². The van der Waals surface area contributed by atoms with Gasteiger partial charge in [0.1, 0.15) is 0 Å². The zero-order valence-corrected chi connectivity index (χ0v) is 11.1. The Morgan fingerprint density at radius 3 is 2.19 bits per heavy atom. The molecule has 92 valence electrons. The summed E-state index contributed by atoms with van der Waals surface area (Å²) in [5.74, 6) is 0.749. The second kappa shape index (κ2) is 6.09. The average molecular weight is 222 g/mol. The standard InChI is InChI=1S/C14H26N2/c1-6-13(5)15-8-10-16(11-9-15)14(7-2)12(3)4/h6,12,14H,1,5,7-11H2,2-4H3. The van der Waals surface area contributed by atoms with E-state index in [0.717, 1.165) is 43.8 Å². The van der Waals surface area contributed by atoms with Crippen molar-refractivity contribution in [2.75, 3.05) is 26.2 Å². The smallest absolute Gasteiger partial charge is 0.0306 e. The molecule has 1 aliphatic heterocycles. The van der Waals surface area contributed by atoms with E-state index in [1.165, 1.54) is 6.42 Å². The highest BCUT2D eigenvalue weighted by atomic mass is 15.3. The molecule has 2 heteroatoms. The lowest BCUT2D eigenvalue weighted by molar-refractivity contribution is 0.0909. The molecule has 0 N–H and O–H groups in total. The molecule has 1 heterocycles. The van der Waals surface area contributed by atoms with Crippen LogP contribution in [-0.4, -0.2) is 42.0 Å². The van der Waals surface area contributed by atoms with Gasteiger partial charge in [0, 0.05) is 37.9 Å². The number of nitrogens with zero attached hydrogens (tertiary/aromatic N) is 2. The summed E-state index contributed by atoms with van der Waals surface area (Å²) in [5, 5.41) is 0. The first-order valence-electron chi connectivity index (χ1n) is 6.40. The maximum Gasteiger partial charge on any atom is 0.0306 e. The Kier molecular flexibility index (Phi) is 5.07. The van der Waals surface area contributed by atoms with Crippen LogP contribution in [0.2, 0.25) is 0 Å². The first-order chi connectivity index (χ1) is 7.60. The highest BCUT2D eigenvalue weighted by Gasteiger charge is 2.24. The van der Waals surface area contributed by atoms with Crippen molar-refractivity contribution in [3.63, 3.8) is 0 Å². The van der Waals surface area contributed by atoms with Gasteiger partial charge in [-0.3, -0.25) is 4.90 Å². The van der Waals surface area contributed by atoms with E-state index in [2.05, 4.69) is 43.7 Å². The summed E-state index contributed by atoms with van der Waals surface area (Å²) in [6, 6.07) is 0.735. The zero-order chi connectivity index (χ0) is 12.1. The first-order valence-corrected chi connectivity index (χ1v) is 6.40. The molecule has 0 amide bonds. The van der Waals surface area contributed by atoms with Crippen LogP contribution in [0.5, 0.6) is 0 Å². The minimum atomic E-state index is 0.735. The molecule has 1 saturated heterocycles. The van der Waals surface area contributed by atoms with Gasteiger partial charge in [-0.2, -0.15) is 0 Å². The molecule has 0 aromatic carbocycles. The SMILES string of the molecule is C=CC(=C)N1CCN(C(CC)C(C)C)CC1. The second-order valence-corrected chi connectivity index (χ2v) is 4.94. The number of piperazine rings is 1. The molecule has 1 fully saturated rings. The van der Waals surface area contributed by atoms with Crippen molar-refractivity contribution in [2.24, 2.45) is 5.92 Å². The normalized spacial score (nSPS) is 19.9. The van der Waals surface area contributed by atoms with Crippen LogP contribution in [0.25, 0.3) is 0 Å². The van der Waals surface area contributed by atoms with Gasteiger partial charge in [-0.25, -0.2) is 0 Å². The lowest BCUT2D eigenvalue weighted by Gasteiger charge is -2.41. The number of allylic oxidation sites excluding steroid dienone is 1. The Hall–Kier alpha value is -0.760. The van der Waals surface area contributed by atoms with Gasteiger partial charge in [0.05, 0.1) is 0 Å². The maximum absolute atomic E-state index is 4.01. The second-order valence-electron chi connectivity index (χ2n) is 4.94. The minimum absolute atomic E-state index is 0.735. The number of hydrogen-bond donors (Lipinski definition) is 0. The quantitative estimate of drug-likeness (QED) is 0.660. The van der Waals surface area contributed by atoms with Crippen LogP contribution in [-0.2, 0) is 0 Å². The summed E-state index contributed by atoms with van der Waals surface area (Å²) in [7, 11) is 0. The van der Waals surface area contributed by atoms with Crippen LogP contribution in [0.15, 0.2) is 24.9 Å². The van der Waals surface area contributed by atoms with Crippen LogP contribution in [0.3, 0.4) is 0 Å². The third-order valence-electron chi connectivity index (χ3n) is 3.61. The molecular weight excluding hydrogens is 196 g/mol. The van der Waals surface area contributed by atoms with E-state index in [-0.39, 0.29) is 0 Å². The summed E-state index contributed by atoms with van der Waals surface area (Å²) < 4.78 is 0. The summed E-state index contributed by atoms with van der Waals surface area (Å²) in [6.07, 6.45) is 3.11. The van der Waals surface area contributed by atoms with Crippen LogP contribution >= 0.6 is 0 Å². The molecule has 0 aromatic rings. The van der Waals surface area contributed by atoms with E-state index >= 15 is 0 Å². The van der Waals surface area contributed by atoms with E-state index in [9.17, 15) is 0 Å². The molecule has 1 aliphatic rings. The van der Waals surface area contributed by atoms with E-state index in [1.807, 2.05) is 6.08 Å². The molecule has 1 unspecified atom stereocenters. The van der Waals surface area contributed by atoms with Crippen molar-refractivity contribution >= 4 is 0 Å². The zero-order valence-electron chi connectivity index (χ0n) is 11.1. The topological polar surface area (TPSA) is 6.48 Å². The fourth-order valence-electron chi connectivity index (χ4n) is 2.62. The fraction of sp³-hybridized carbons (Fsp3) is 0.714. The molecule has 0 bridgehead atoms. The summed E-state index contributed by atoms with van der Waals surface area (Å²) >= 11 is 0. The lowest BCUT2D eigenvalue weighted by Crippen LogP contribution is -2.50. The molecule has 16 heavy (non-hydrogen) atoms. The van der Waals surface area contributed by atoms with Gasteiger partial charge in [0.25, 0.3) is 0 Å². The van der Waals surface area contributed by atoms with Crippen LogP contribution in [0.4, 0.5) is 0 Å². The highest BCUT2D eigenvalue weighted by molar-refractivity contribution is 5.10. The predicted molar refractivity (Wildman–Crippen MR) is 71.4 cm³/mol. The van der Waals surface area contributed by atoms with Crippen molar-refractivity contribution in [3.05, 3.63) is 24.9 Å². The van der Waals surface area contributed by atoms with Gasteiger partial charge < -0.3 is 4.90 Å². The van der Waals surface area contributed by atoms with Gasteiger partial charge in [-0.1, -0.05) is 33.9 Å². The van der Waals surface area contributed by atoms with Crippen LogP contribution in [0.1, 0.15) is 27.2 Å². The molecule has 0 aromatic heterocycles. The Morgan fingerprint density at radius 2 is 1.81 bits per heavy atom. The maximum atomic E-state index is 4.01. The van der Waals surface area contributed by atoms with E-state index in [0.29, 0.717) is 0 Å². The molecule has 1 rings (SSSR count). The van der Waals surface area contributed by atoms with E-state index in [1.54, 1.807) is 0 Å². The molecular formula is C14H26N2. The van der Waals surface area contributed by atoms with E-state index in [4.69, 9.17) is 0 Å². The van der Waals surface area contributed by atoms with Gasteiger partial charge in [0.15, 0.2) is 0 Å². The van der Waals surface area contributed by atoms with Crippen molar-refractivity contribution in [1.82, 2.24) is 9.80 Å². The van der Waals surface area contributed by atoms with Crippen molar-refractivity contribution in [1.29, 1.82) is 0 Å². The largest absolute Gasteiger partial charge is 0.369 e. The third-order valence-corrected chi connectivity index (χ3v) is 3.61. The van der Waals surface area contributed by atoms with Gasteiger partial charge >= 0.3 is 0 Å². The monoisotopic (exact) mass is 222 g/mol. The lowest BCUT2D eigenvalue weighted by atomic mass is 9.99. The third kappa shape index (κ3) is 3.11. The molecule has 0 aliphatic carbocycles. The molecule has 0 spiro atoms. The van der Waals surface area contributed by atoms with Crippen LogP contribution in [0, 0.1) is 5.92 Å². The van der Waals surface area contributed by atoms with Gasteiger partial charge in [0.2, 0.25) is 0 Å². The van der Waals surface area contributed by atoms with Gasteiger partial charge in [-0.15, -0.1) is 0 Å². The number of hydrogen-bond acceptors (Lipinski definition) is 2. The number of rotatable bonds is 5. The van der Waals surface area contributed by atoms with Crippen molar-refractivity contribution in [2.45, 2.75) is 33.2 Å². The molecule has 0 radical (unpaired) electrons. The van der Waals surface area contributed by atoms with E-state index < -0.39 is 0 Å². The highest BCUT2D eigenvalue weighted by Crippen LogP contribution is 2.18. The van der Waals surface area contributed by atoms with Crippen molar-refractivity contribution in [3.8, 4) is 0 Å². The summed E-state index contributed by atoms with van der Waals surface area (Å²) in [6.45, 7) is 19.2. The summed E-state index contributed by atoms with van der Waals surface area (Å²) in [5.41, 5.74) is 1.07. The predicted octanol–water partition coefficient (Wildman–Crippen LogP) is 2.74. The Balaban J connectivity index is 2.47. The Morgan fingerprint density at radius 1 is 1.25 bits per heavy atom. The van der Waals surface area contributed by atoms with Crippen molar-refractivity contribution < 1.29 is 0 Å². The van der Waals surface area contributed by atoms with Gasteiger partial charge in [-0.05, 0) is 18.4 Å². The summed E-state index contributed by atoms with van der Waals surface area (Å²) in [4.78, 5) is 4.95. The first kappa shape index (κ1) is 13.3. The minimum Gasteiger partial charge on any atom is -0.369 e. The average Bonchev–Trinajstić information content (AvgIpc) is 2.29. The van der Waals surface area contributed by atoms with Crippen LogP contribution < -0.4 is 0 Å².